The molecule has 9 heteroatoms. The highest BCUT2D eigenvalue weighted by Gasteiger charge is 2.28. The van der Waals surface area contributed by atoms with Crippen LogP contribution < -0.4 is 0 Å². The van der Waals surface area contributed by atoms with Crippen molar-refractivity contribution in [3.63, 3.8) is 0 Å². The average molecular weight is 489 g/mol. The van der Waals surface area contributed by atoms with E-state index in [4.69, 9.17) is 11.6 Å². The summed E-state index contributed by atoms with van der Waals surface area (Å²) in [5.74, 6) is 0.0986. The van der Waals surface area contributed by atoms with Gasteiger partial charge in [-0.05, 0) is 58.3 Å². The maximum absolute atomic E-state index is 12.9. The smallest absolute Gasteiger partial charge is 0.198 e. The second-order valence-corrected chi connectivity index (χ2v) is 7.76. The van der Waals surface area contributed by atoms with Crippen LogP contribution in [0.5, 0.6) is 0 Å². The average Bonchev–Trinajstić information content (AvgIpc) is 2.96. The number of halogens is 3. The van der Waals surface area contributed by atoms with Gasteiger partial charge in [-0.25, -0.2) is 4.68 Å². The van der Waals surface area contributed by atoms with E-state index in [-0.39, 0.29) is 17.1 Å². The molecule has 0 aliphatic heterocycles. The molecule has 130 valence electrons. The third kappa shape index (κ3) is 3.61. The Morgan fingerprint density at radius 1 is 1.32 bits per heavy atom. The SMILES string of the molecule is Cc1nnnn1Cc1c(Br)ccc(C(=O)C2=C(Cl)CCCC2=O)c1Br. The highest BCUT2D eigenvalue weighted by molar-refractivity contribution is 9.11. The third-order valence-corrected chi connectivity index (χ3v) is 6.05. The Hall–Kier alpha value is -1.38. The number of aryl methyl sites for hydroxylation is 1. The van der Waals surface area contributed by atoms with Crippen LogP contribution in [0.25, 0.3) is 0 Å². The molecule has 2 aromatic rings. The van der Waals surface area contributed by atoms with Gasteiger partial charge in [0.1, 0.15) is 5.82 Å². The van der Waals surface area contributed by atoms with Gasteiger partial charge >= 0.3 is 0 Å². The molecule has 1 heterocycles. The van der Waals surface area contributed by atoms with Gasteiger partial charge in [0.25, 0.3) is 0 Å². The largest absolute Gasteiger partial charge is 0.294 e. The molecular weight excluding hydrogens is 475 g/mol. The van der Waals surface area contributed by atoms with Crippen LogP contribution in [-0.2, 0) is 11.3 Å². The normalized spacial score (nSPS) is 15.0. The van der Waals surface area contributed by atoms with Crippen molar-refractivity contribution in [3.05, 3.63) is 48.6 Å². The van der Waals surface area contributed by atoms with Crippen molar-refractivity contribution >= 4 is 55.0 Å². The van der Waals surface area contributed by atoms with E-state index < -0.39 is 0 Å². The first-order valence-corrected chi connectivity index (χ1v) is 9.52. The number of tetrazole rings is 1. The van der Waals surface area contributed by atoms with E-state index in [1.165, 1.54) is 0 Å². The van der Waals surface area contributed by atoms with Crippen molar-refractivity contribution in [2.24, 2.45) is 0 Å². The Labute approximate surface area is 165 Å². The van der Waals surface area contributed by atoms with Gasteiger partial charge in [-0.3, -0.25) is 9.59 Å². The predicted octanol–water partition coefficient (Wildman–Crippen LogP) is 3.98. The van der Waals surface area contributed by atoms with E-state index in [1.807, 2.05) is 0 Å². The molecule has 0 amide bonds. The molecule has 0 saturated heterocycles. The van der Waals surface area contributed by atoms with Gasteiger partial charge in [0.05, 0.1) is 12.1 Å². The topological polar surface area (TPSA) is 77.7 Å². The maximum atomic E-state index is 12.9. The predicted molar refractivity (Wildman–Crippen MR) is 99.6 cm³/mol. The third-order valence-electron chi connectivity index (χ3n) is 4.03. The number of hydrogen-bond donors (Lipinski definition) is 0. The van der Waals surface area contributed by atoms with Crippen LogP contribution in [0, 0.1) is 6.92 Å². The molecule has 25 heavy (non-hydrogen) atoms. The first kappa shape index (κ1) is 18.4. The Morgan fingerprint density at radius 3 is 2.72 bits per heavy atom. The molecule has 1 aliphatic carbocycles. The highest BCUT2D eigenvalue weighted by atomic mass is 79.9. The molecule has 0 N–H and O–H groups in total. The number of benzene rings is 1. The van der Waals surface area contributed by atoms with Crippen molar-refractivity contribution in [1.29, 1.82) is 0 Å². The number of Topliss-reactive ketones (excluding diaryl/α,β-unsaturated/α-hetero) is 2. The van der Waals surface area contributed by atoms with Crippen LogP contribution >= 0.6 is 43.5 Å². The quantitative estimate of drug-likeness (QED) is 0.481. The van der Waals surface area contributed by atoms with E-state index in [1.54, 1.807) is 23.7 Å². The molecule has 0 bridgehead atoms. The van der Waals surface area contributed by atoms with E-state index in [0.29, 0.717) is 46.7 Å². The summed E-state index contributed by atoms with van der Waals surface area (Å²) < 4.78 is 3.02. The zero-order valence-electron chi connectivity index (χ0n) is 13.2. The van der Waals surface area contributed by atoms with Gasteiger partial charge in [0, 0.05) is 31.5 Å². The number of allylic oxidation sites excluding steroid dienone is 2. The lowest BCUT2D eigenvalue weighted by Crippen LogP contribution is -2.19. The van der Waals surface area contributed by atoms with Gasteiger partial charge in [-0.1, -0.05) is 27.5 Å². The number of ketones is 2. The summed E-state index contributed by atoms with van der Waals surface area (Å²) in [6.45, 7) is 2.17. The zero-order chi connectivity index (χ0) is 18.1. The molecule has 0 fully saturated rings. The Balaban J connectivity index is 2.03. The maximum Gasteiger partial charge on any atom is 0.198 e. The standard InChI is InChI=1S/C16H13Br2ClN4O2/c1-8-20-21-22-23(8)7-10-11(17)6-5-9(15(10)18)16(25)14-12(19)3-2-4-13(14)24/h5-6H,2-4,7H2,1H3. The van der Waals surface area contributed by atoms with Crippen molar-refractivity contribution in [1.82, 2.24) is 20.2 Å². The fourth-order valence-electron chi connectivity index (χ4n) is 2.65. The van der Waals surface area contributed by atoms with Gasteiger partial charge in [-0.15, -0.1) is 5.10 Å². The molecule has 1 aliphatic rings. The molecule has 1 aromatic carbocycles. The minimum absolute atomic E-state index is 0.0977. The lowest BCUT2D eigenvalue weighted by molar-refractivity contribution is -0.115. The minimum atomic E-state index is -0.358. The first-order valence-electron chi connectivity index (χ1n) is 7.56. The second kappa shape index (κ2) is 7.47. The van der Waals surface area contributed by atoms with E-state index in [9.17, 15) is 9.59 Å². The van der Waals surface area contributed by atoms with E-state index in [0.717, 1.165) is 10.0 Å². The van der Waals surface area contributed by atoms with Gasteiger partial charge in [0.15, 0.2) is 11.6 Å². The summed E-state index contributed by atoms with van der Waals surface area (Å²) >= 11 is 13.2. The van der Waals surface area contributed by atoms with Crippen LogP contribution in [-0.4, -0.2) is 31.8 Å². The van der Waals surface area contributed by atoms with Gasteiger partial charge < -0.3 is 0 Å². The summed E-state index contributed by atoms with van der Waals surface area (Å²) in [6.07, 6.45) is 1.58. The number of carbonyl (C=O) groups is 2. The molecular formula is C16H13Br2ClN4O2. The van der Waals surface area contributed by atoms with Gasteiger partial charge in [0.2, 0.25) is 0 Å². The van der Waals surface area contributed by atoms with Crippen molar-refractivity contribution in [2.45, 2.75) is 32.7 Å². The Bertz CT molecular complexity index is 908. The molecule has 6 nitrogen and oxygen atoms in total. The first-order chi connectivity index (χ1) is 11.9. The van der Waals surface area contributed by atoms with Crippen molar-refractivity contribution < 1.29 is 9.59 Å². The molecule has 0 unspecified atom stereocenters. The lowest BCUT2D eigenvalue weighted by atomic mass is 9.91. The van der Waals surface area contributed by atoms with Crippen molar-refractivity contribution in [2.75, 3.05) is 0 Å². The summed E-state index contributed by atoms with van der Waals surface area (Å²) in [7, 11) is 0. The van der Waals surface area contributed by atoms with Crippen LogP contribution in [0.15, 0.2) is 31.7 Å². The minimum Gasteiger partial charge on any atom is -0.294 e. The summed E-state index contributed by atoms with van der Waals surface area (Å²) in [6, 6.07) is 3.44. The fraction of sp³-hybridized carbons (Fsp3) is 0.312. The summed E-state index contributed by atoms with van der Waals surface area (Å²) in [5, 5.41) is 11.7. The number of aromatic nitrogens is 4. The van der Waals surface area contributed by atoms with Crippen LogP contribution in [0.3, 0.4) is 0 Å². The van der Waals surface area contributed by atoms with Crippen LogP contribution in [0.4, 0.5) is 0 Å². The van der Waals surface area contributed by atoms with Gasteiger partial charge in [-0.2, -0.15) is 0 Å². The number of carbonyl (C=O) groups excluding carboxylic acids is 2. The second-order valence-electron chi connectivity index (χ2n) is 5.66. The fourth-order valence-corrected chi connectivity index (χ4v) is 4.35. The number of hydrogen-bond acceptors (Lipinski definition) is 5. The monoisotopic (exact) mass is 486 g/mol. The van der Waals surface area contributed by atoms with Crippen LogP contribution in [0.1, 0.15) is 41.0 Å². The Morgan fingerprint density at radius 2 is 2.08 bits per heavy atom. The van der Waals surface area contributed by atoms with E-state index >= 15 is 0 Å². The summed E-state index contributed by atoms with van der Waals surface area (Å²) in [4.78, 5) is 25.1. The molecule has 1 aromatic heterocycles. The van der Waals surface area contributed by atoms with Crippen LogP contribution in [0.2, 0.25) is 0 Å². The highest BCUT2D eigenvalue weighted by Crippen LogP contribution is 2.34. The van der Waals surface area contributed by atoms with E-state index in [2.05, 4.69) is 47.4 Å². The summed E-state index contributed by atoms with van der Waals surface area (Å²) in [5.41, 5.74) is 1.30. The molecule has 0 radical (unpaired) electrons. The van der Waals surface area contributed by atoms with Crippen molar-refractivity contribution in [3.8, 4) is 0 Å². The Kier molecular flexibility index (Phi) is 5.50. The molecule has 0 spiro atoms. The number of rotatable bonds is 4. The lowest BCUT2D eigenvalue weighted by Gasteiger charge is -2.16. The molecule has 3 rings (SSSR count). The number of nitrogens with zero attached hydrogens (tertiary/aromatic N) is 4. The zero-order valence-corrected chi connectivity index (χ0v) is 17.2. The molecule has 0 atom stereocenters. The molecule has 0 saturated carbocycles.